The first-order valence-corrected chi connectivity index (χ1v) is 5.66. The summed E-state index contributed by atoms with van der Waals surface area (Å²) in [6.07, 6.45) is 2.85. The molecule has 0 aliphatic carbocycles. The van der Waals surface area contributed by atoms with Crippen molar-refractivity contribution in [3.8, 4) is 11.3 Å². The van der Waals surface area contributed by atoms with E-state index in [1.165, 1.54) is 11.3 Å². The monoisotopic (exact) mass is 235 g/mol. The third-order valence-electron chi connectivity index (χ3n) is 2.07. The molecule has 2 nitrogen and oxygen atoms in total. The highest BCUT2D eigenvalue weighted by molar-refractivity contribution is 7.11. The molecule has 0 aromatic carbocycles. The van der Waals surface area contributed by atoms with Crippen LogP contribution in [0.2, 0.25) is 0 Å². The zero-order chi connectivity index (χ0) is 11.4. The topological polar surface area (TPSA) is 33.1 Å². The molecular formula is C12H10FNOS. The van der Waals surface area contributed by atoms with Crippen molar-refractivity contribution in [3.63, 3.8) is 0 Å². The first-order chi connectivity index (χ1) is 7.81. The Balaban J connectivity index is 2.30. The van der Waals surface area contributed by atoms with E-state index in [1.54, 1.807) is 12.3 Å². The maximum Gasteiger partial charge on any atom is 0.138 e. The average molecular weight is 235 g/mol. The van der Waals surface area contributed by atoms with E-state index in [1.807, 2.05) is 23.6 Å². The van der Waals surface area contributed by atoms with Crippen LogP contribution in [0.1, 0.15) is 4.88 Å². The van der Waals surface area contributed by atoms with E-state index < -0.39 is 5.83 Å². The smallest absolute Gasteiger partial charge is 0.138 e. The SMILES string of the molecule is OCC=C(F)c1cc(-c2ccccn2)cs1. The number of halogens is 1. The molecule has 0 radical (unpaired) electrons. The van der Waals surface area contributed by atoms with Gasteiger partial charge in [0.15, 0.2) is 0 Å². The maximum absolute atomic E-state index is 13.4. The van der Waals surface area contributed by atoms with Gasteiger partial charge in [0.05, 0.1) is 17.2 Å². The second kappa shape index (κ2) is 5.01. The first kappa shape index (κ1) is 11.0. The van der Waals surface area contributed by atoms with Crippen LogP contribution in [0.3, 0.4) is 0 Å². The van der Waals surface area contributed by atoms with E-state index in [9.17, 15) is 4.39 Å². The van der Waals surface area contributed by atoms with Crippen LogP contribution in [0.15, 0.2) is 41.9 Å². The number of aliphatic hydroxyl groups excluding tert-OH is 1. The minimum atomic E-state index is -0.394. The molecular weight excluding hydrogens is 225 g/mol. The molecule has 4 heteroatoms. The Hall–Kier alpha value is -1.52. The quantitative estimate of drug-likeness (QED) is 0.886. The Morgan fingerprint density at radius 3 is 3.06 bits per heavy atom. The van der Waals surface area contributed by atoms with E-state index in [-0.39, 0.29) is 6.61 Å². The minimum Gasteiger partial charge on any atom is -0.392 e. The van der Waals surface area contributed by atoms with Crippen molar-refractivity contribution < 1.29 is 9.50 Å². The number of aliphatic hydroxyl groups is 1. The van der Waals surface area contributed by atoms with Gasteiger partial charge in [-0.15, -0.1) is 11.3 Å². The van der Waals surface area contributed by atoms with E-state index in [0.29, 0.717) is 4.88 Å². The van der Waals surface area contributed by atoms with Gasteiger partial charge >= 0.3 is 0 Å². The molecule has 0 amide bonds. The Morgan fingerprint density at radius 2 is 2.38 bits per heavy atom. The lowest BCUT2D eigenvalue weighted by atomic mass is 10.2. The molecule has 1 N–H and O–H groups in total. The number of thiophene rings is 1. The van der Waals surface area contributed by atoms with Crippen LogP contribution in [-0.4, -0.2) is 16.7 Å². The number of hydrogen-bond donors (Lipinski definition) is 1. The summed E-state index contributed by atoms with van der Waals surface area (Å²) in [7, 11) is 0. The largest absolute Gasteiger partial charge is 0.392 e. The van der Waals surface area contributed by atoms with Gasteiger partial charge in [-0.3, -0.25) is 4.98 Å². The fourth-order valence-corrected chi connectivity index (χ4v) is 2.14. The van der Waals surface area contributed by atoms with Gasteiger partial charge in [-0.2, -0.15) is 0 Å². The molecule has 2 heterocycles. The molecule has 82 valence electrons. The van der Waals surface area contributed by atoms with Crippen molar-refractivity contribution in [1.29, 1.82) is 0 Å². The highest BCUT2D eigenvalue weighted by atomic mass is 32.1. The number of aromatic nitrogens is 1. The molecule has 2 rings (SSSR count). The standard InChI is InChI=1S/C12H10FNOS/c13-10(4-6-15)12-7-9(8-16-12)11-3-1-2-5-14-11/h1-5,7-8,15H,6H2. The van der Waals surface area contributed by atoms with Crippen molar-refractivity contribution in [3.05, 3.63) is 46.8 Å². The summed E-state index contributed by atoms with van der Waals surface area (Å²) in [5.74, 6) is -0.394. The second-order valence-electron chi connectivity index (χ2n) is 3.15. The lowest BCUT2D eigenvalue weighted by Crippen LogP contribution is -1.78. The van der Waals surface area contributed by atoms with Gasteiger partial charge < -0.3 is 5.11 Å². The van der Waals surface area contributed by atoms with Gasteiger partial charge in [-0.1, -0.05) is 6.07 Å². The summed E-state index contributed by atoms with van der Waals surface area (Å²) in [6, 6.07) is 7.33. The number of pyridine rings is 1. The fourth-order valence-electron chi connectivity index (χ4n) is 1.31. The summed E-state index contributed by atoms with van der Waals surface area (Å²) in [4.78, 5) is 4.69. The Bertz CT molecular complexity index is 493. The minimum absolute atomic E-state index is 0.289. The third kappa shape index (κ3) is 2.35. The second-order valence-corrected chi connectivity index (χ2v) is 4.06. The maximum atomic E-state index is 13.4. The van der Waals surface area contributed by atoms with Gasteiger partial charge in [-0.05, 0) is 24.3 Å². The zero-order valence-corrected chi connectivity index (χ0v) is 9.25. The van der Waals surface area contributed by atoms with Crippen LogP contribution < -0.4 is 0 Å². The molecule has 0 unspecified atom stereocenters. The highest BCUT2D eigenvalue weighted by Crippen LogP contribution is 2.29. The molecule has 0 saturated carbocycles. The Morgan fingerprint density at radius 1 is 1.50 bits per heavy atom. The van der Waals surface area contributed by atoms with Crippen LogP contribution in [-0.2, 0) is 0 Å². The zero-order valence-electron chi connectivity index (χ0n) is 8.43. The van der Waals surface area contributed by atoms with Crippen molar-refractivity contribution >= 4 is 17.2 Å². The fraction of sp³-hybridized carbons (Fsp3) is 0.0833. The highest BCUT2D eigenvalue weighted by Gasteiger charge is 2.06. The number of nitrogens with zero attached hydrogens (tertiary/aromatic N) is 1. The van der Waals surface area contributed by atoms with E-state index in [2.05, 4.69) is 4.98 Å². The van der Waals surface area contributed by atoms with Crippen LogP contribution in [0.4, 0.5) is 4.39 Å². The van der Waals surface area contributed by atoms with Crippen molar-refractivity contribution in [2.45, 2.75) is 0 Å². The van der Waals surface area contributed by atoms with Gasteiger partial charge in [-0.25, -0.2) is 4.39 Å². The summed E-state index contributed by atoms with van der Waals surface area (Å²) < 4.78 is 13.4. The van der Waals surface area contributed by atoms with Crippen molar-refractivity contribution in [2.24, 2.45) is 0 Å². The molecule has 2 aromatic rings. The van der Waals surface area contributed by atoms with Gasteiger partial charge in [0, 0.05) is 17.1 Å². The normalized spacial score (nSPS) is 11.8. The molecule has 0 fully saturated rings. The van der Waals surface area contributed by atoms with Gasteiger partial charge in [0.1, 0.15) is 5.83 Å². The molecule has 0 saturated heterocycles. The predicted molar refractivity (Wildman–Crippen MR) is 63.7 cm³/mol. The number of rotatable bonds is 3. The van der Waals surface area contributed by atoms with Crippen LogP contribution in [0, 0.1) is 0 Å². The van der Waals surface area contributed by atoms with Crippen LogP contribution in [0.25, 0.3) is 17.1 Å². The summed E-state index contributed by atoms with van der Waals surface area (Å²) in [5, 5.41) is 10.4. The van der Waals surface area contributed by atoms with Gasteiger partial charge in [0.25, 0.3) is 0 Å². The van der Waals surface area contributed by atoms with Crippen molar-refractivity contribution in [2.75, 3.05) is 6.61 Å². The predicted octanol–water partition coefficient (Wildman–Crippen LogP) is 3.11. The molecule has 2 aromatic heterocycles. The Kier molecular flexibility index (Phi) is 3.44. The number of hydrogen-bond acceptors (Lipinski definition) is 3. The average Bonchev–Trinajstić information content (AvgIpc) is 2.80. The molecule has 0 atom stereocenters. The van der Waals surface area contributed by atoms with Gasteiger partial charge in [0.2, 0.25) is 0 Å². The van der Waals surface area contributed by atoms with E-state index in [0.717, 1.165) is 17.3 Å². The lowest BCUT2D eigenvalue weighted by Gasteiger charge is -1.94. The molecule has 0 aliphatic heterocycles. The van der Waals surface area contributed by atoms with Crippen LogP contribution in [0.5, 0.6) is 0 Å². The Labute approximate surface area is 96.7 Å². The molecule has 0 spiro atoms. The summed E-state index contributed by atoms with van der Waals surface area (Å²) in [6.45, 7) is -0.289. The van der Waals surface area contributed by atoms with Crippen molar-refractivity contribution in [1.82, 2.24) is 4.98 Å². The lowest BCUT2D eigenvalue weighted by molar-refractivity contribution is 0.342. The van der Waals surface area contributed by atoms with E-state index >= 15 is 0 Å². The molecule has 0 bridgehead atoms. The van der Waals surface area contributed by atoms with Crippen LogP contribution >= 0.6 is 11.3 Å². The van der Waals surface area contributed by atoms with E-state index in [4.69, 9.17) is 5.11 Å². The molecule has 16 heavy (non-hydrogen) atoms. The summed E-state index contributed by atoms with van der Waals surface area (Å²) >= 11 is 1.30. The molecule has 0 aliphatic rings. The first-order valence-electron chi connectivity index (χ1n) is 4.78. The third-order valence-corrected chi connectivity index (χ3v) is 3.00. The summed E-state index contributed by atoms with van der Waals surface area (Å²) in [5.41, 5.74) is 1.71.